The van der Waals surface area contributed by atoms with Crippen molar-refractivity contribution in [1.29, 1.82) is 5.26 Å². The molecule has 2 fully saturated rings. The zero-order chi connectivity index (χ0) is 12.0. The van der Waals surface area contributed by atoms with Gasteiger partial charge < -0.3 is 5.11 Å². The Balaban J connectivity index is 2.33. The third-order valence-electron chi connectivity index (χ3n) is 5.52. The van der Waals surface area contributed by atoms with Crippen molar-refractivity contribution in [2.75, 3.05) is 0 Å². The average Bonchev–Trinajstić information content (AvgIpc) is 2.87. The molecule has 0 saturated heterocycles. The van der Waals surface area contributed by atoms with Gasteiger partial charge in [-0.05, 0) is 43.9 Å². The molecule has 2 nitrogen and oxygen atoms in total. The van der Waals surface area contributed by atoms with Gasteiger partial charge in [0.1, 0.15) is 0 Å². The number of nitriles is 1. The van der Waals surface area contributed by atoms with Crippen molar-refractivity contribution in [2.24, 2.45) is 23.2 Å². The Bertz CT molecular complexity index is 317. The van der Waals surface area contributed by atoms with Crippen LogP contribution < -0.4 is 0 Å². The molecule has 0 radical (unpaired) electrons. The Hall–Kier alpha value is -0.550. The highest BCUT2D eigenvalue weighted by molar-refractivity contribution is 5.20. The van der Waals surface area contributed by atoms with Crippen molar-refractivity contribution >= 4 is 0 Å². The van der Waals surface area contributed by atoms with E-state index in [0.29, 0.717) is 11.8 Å². The molecule has 0 aromatic rings. The van der Waals surface area contributed by atoms with E-state index >= 15 is 0 Å². The van der Waals surface area contributed by atoms with Gasteiger partial charge in [0.2, 0.25) is 0 Å². The molecule has 5 atom stereocenters. The number of hydrogen-bond acceptors (Lipinski definition) is 2. The van der Waals surface area contributed by atoms with Crippen molar-refractivity contribution in [1.82, 2.24) is 0 Å². The largest absolute Gasteiger partial charge is 0.388 e. The van der Waals surface area contributed by atoms with Crippen LogP contribution in [0.15, 0.2) is 0 Å². The van der Waals surface area contributed by atoms with Gasteiger partial charge in [-0.3, -0.25) is 0 Å². The van der Waals surface area contributed by atoms with E-state index in [1.807, 2.05) is 6.92 Å². The molecule has 5 unspecified atom stereocenters. The third kappa shape index (κ3) is 1.34. The van der Waals surface area contributed by atoms with Crippen LogP contribution in [0.25, 0.3) is 0 Å². The van der Waals surface area contributed by atoms with Gasteiger partial charge in [0.25, 0.3) is 0 Å². The lowest BCUT2D eigenvalue weighted by Crippen LogP contribution is -2.52. The molecule has 2 heteroatoms. The molecule has 2 aliphatic rings. The summed E-state index contributed by atoms with van der Waals surface area (Å²) in [7, 11) is 0. The molecule has 1 N–H and O–H groups in total. The highest BCUT2D eigenvalue weighted by atomic mass is 16.3. The van der Waals surface area contributed by atoms with Crippen LogP contribution in [-0.4, -0.2) is 10.7 Å². The maximum absolute atomic E-state index is 10.8. The predicted molar refractivity (Wildman–Crippen MR) is 63.6 cm³/mol. The lowest BCUT2D eigenvalue weighted by atomic mass is 9.59. The van der Waals surface area contributed by atoms with Crippen molar-refractivity contribution in [3.8, 4) is 6.07 Å². The van der Waals surface area contributed by atoms with E-state index < -0.39 is 11.0 Å². The molecule has 2 bridgehead atoms. The van der Waals surface area contributed by atoms with E-state index in [4.69, 9.17) is 0 Å². The maximum atomic E-state index is 10.8. The predicted octanol–water partition coefficient (Wildman–Crippen LogP) is 3.11. The van der Waals surface area contributed by atoms with Crippen LogP contribution >= 0.6 is 0 Å². The molecule has 0 heterocycles. The molecule has 0 spiro atoms. The molecular formula is C14H23NO. The van der Waals surface area contributed by atoms with Crippen LogP contribution in [0.1, 0.15) is 52.9 Å². The Labute approximate surface area is 98.7 Å². The molecule has 16 heavy (non-hydrogen) atoms. The van der Waals surface area contributed by atoms with Crippen LogP contribution in [0, 0.1) is 34.5 Å². The summed E-state index contributed by atoms with van der Waals surface area (Å²) in [6, 6.07) is 2.51. The Morgan fingerprint density at radius 1 is 1.56 bits per heavy atom. The summed E-state index contributed by atoms with van der Waals surface area (Å²) in [5.41, 5.74) is -1.29. The van der Waals surface area contributed by atoms with Crippen LogP contribution in [-0.2, 0) is 0 Å². The Morgan fingerprint density at radius 3 is 2.62 bits per heavy atom. The van der Waals surface area contributed by atoms with Gasteiger partial charge in [-0.25, -0.2) is 0 Å². The highest BCUT2D eigenvalue weighted by Gasteiger charge is 2.61. The van der Waals surface area contributed by atoms with Gasteiger partial charge >= 0.3 is 0 Å². The fourth-order valence-corrected chi connectivity index (χ4v) is 4.04. The minimum Gasteiger partial charge on any atom is -0.388 e. The Morgan fingerprint density at radius 2 is 2.25 bits per heavy atom. The molecule has 0 aromatic heterocycles. The van der Waals surface area contributed by atoms with Gasteiger partial charge in [-0.2, -0.15) is 5.26 Å². The number of hydrogen-bond donors (Lipinski definition) is 1. The topological polar surface area (TPSA) is 44.0 Å². The van der Waals surface area contributed by atoms with Crippen LogP contribution in [0.2, 0.25) is 0 Å². The molecule has 2 aliphatic carbocycles. The van der Waals surface area contributed by atoms with Crippen LogP contribution in [0.5, 0.6) is 0 Å². The first kappa shape index (κ1) is 11.9. The van der Waals surface area contributed by atoms with E-state index in [1.54, 1.807) is 0 Å². The minimum atomic E-state index is -0.823. The van der Waals surface area contributed by atoms with Gasteiger partial charge in [0, 0.05) is 0 Å². The first-order valence-corrected chi connectivity index (χ1v) is 6.61. The molecule has 2 saturated carbocycles. The van der Waals surface area contributed by atoms with Crippen molar-refractivity contribution in [3.05, 3.63) is 0 Å². The molecule has 0 amide bonds. The fourth-order valence-electron chi connectivity index (χ4n) is 4.04. The number of fused-ring (bicyclic) bond motifs is 2. The minimum absolute atomic E-state index is 0.200. The van der Waals surface area contributed by atoms with Crippen LogP contribution in [0.3, 0.4) is 0 Å². The van der Waals surface area contributed by atoms with Crippen molar-refractivity contribution in [3.63, 3.8) is 0 Å². The number of nitrogens with zero attached hydrogens (tertiary/aromatic N) is 1. The smallest absolute Gasteiger partial charge is 0.0890 e. The average molecular weight is 221 g/mol. The summed E-state index contributed by atoms with van der Waals surface area (Å²) >= 11 is 0. The summed E-state index contributed by atoms with van der Waals surface area (Å²) in [4.78, 5) is 0. The summed E-state index contributed by atoms with van der Waals surface area (Å²) in [5, 5.41) is 20.4. The lowest BCUT2D eigenvalue weighted by molar-refractivity contribution is -0.106. The third-order valence-corrected chi connectivity index (χ3v) is 5.52. The second-order valence-electron chi connectivity index (χ2n) is 6.12. The molecular weight excluding hydrogens is 198 g/mol. The summed E-state index contributed by atoms with van der Waals surface area (Å²) < 4.78 is 0. The van der Waals surface area contributed by atoms with E-state index in [1.165, 1.54) is 12.8 Å². The molecule has 90 valence electrons. The van der Waals surface area contributed by atoms with Gasteiger partial charge in [0.15, 0.2) is 0 Å². The second kappa shape index (κ2) is 3.74. The molecule has 0 aromatic carbocycles. The van der Waals surface area contributed by atoms with Crippen molar-refractivity contribution < 1.29 is 5.11 Å². The van der Waals surface area contributed by atoms with E-state index in [0.717, 1.165) is 19.3 Å². The number of aliphatic hydroxyl groups is 1. The Kier molecular flexibility index (Phi) is 2.78. The lowest BCUT2D eigenvalue weighted by Gasteiger charge is -2.46. The summed E-state index contributed by atoms with van der Waals surface area (Å²) in [5.74, 6) is 1.33. The molecule has 0 aliphatic heterocycles. The fraction of sp³-hybridized carbons (Fsp3) is 0.929. The standard InChI is InChI=1S/C14H23NO/c1-4-10(2)13(3,16)14(9-15)8-11-5-6-12(14)7-11/h10-12,16H,4-8H2,1-3H3. The highest BCUT2D eigenvalue weighted by Crippen LogP contribution is 2.61. The van der Waals surface area contributed by atoms with E-state index in [9.17, 15) is 10.4 Å². The first-order chi connectivity index (χ1) is 7.48. The number of rotatable bonds is 3. The normalized spacial score (nSPS) is 42.7. The van der Waals surface area contributed by atoms with E-state index in [-0.39, 0.29) is 5.92 Å². The van der Waals surface area contributed by atoms with Crippen molar-refractivity contribution in [2.45, 2.75) is 58.5 Å². The van der Waals surface area contributed by atoms with E-state index in [2.05, 4.69) is 19.9 Å². The SMILES string of the molecule is CCC(C)C(C)(O)C1(C#N)CC2CCC1C2. The summed E-state index contributed by atoms with van der Waals surface area (Å²) in [6.07, 6.45) is 5.44. The second-order valence-corrected chi connectivity index (χ2v) is 6.12. The van der Waals surface area contributed by atoms with Crippen LogP contribution in [0.4, 0.5) is 0 Å². The zero-order valence-corrected chi connectivity index (χ0v) is 10.7. The maximum Gasteiger partial charge on any atom is 0.0890 e. The van der Waals surface area contributed by atoms with Gasteiger partial charge in [-0.15, -0.1) is 0 Å². The summed E-state index contributed by atoms with van der Waals surface area (Å²) in [6.45, 7) is 6.06. The molecule has 2 rings (SSSR count). The van der Waals surface area contributed by atoms with Gasteiger partial charge in [-0.1, -0.05) is 26.7 Å². The quantitative estimate of drug-likeness (QED) is 0.795. The first-order valence-electron chi connectivity index (χ1n) is 6.61. The van der Waals surface area contributed by atoms with Gasteiger partial charge in [0.05, 0.1) is 17.1 Å². The monoisotopic (exact) mass is 221 g/mol. The zero-order valence-electron chi connectivity index (χ0n) is 10.7.